The normalized spacial score (nSPS) is 10.8. The number of halogens is 1. The highest BCUT2D eigenvalue weighted by Gasteiger charge is 2.12. The van der Waals surface area contributed by atoms with E-state index in [4.69, 9.17) is 11.6 Å². The molecular formula is C17H15ClN2O. The van der Waals surface area contributed by atoms with Crippen LogP contribution in [-0.4, -0.2) is 10.9 Å². The molecule has 0 saturated heterocycles. The van der Waals surface area contributed by atoms with Crippen molar-refractivity contribution in [1.82, 2.24) is 4.98 Å². The number of benzene rings is 2. The van der Waals surface area contributed by atoms with Crippen LogP contribution in [0.2, 0.25) is 5.02 Å². The first-order valence-electron chi connectivity index (χ1n) is 6.70. The van der Waals surface area contributed by atoms with Gasteiger partial charge in [0.2, 0.25) is 0 Å². The van der Waals surface area contributed by atoms with Gasteiger partial charge in [-0.25, -0.2) is 0 Å². The predicted octanol–water partition coefficient (Wildman–Crippen LogP) is 4.69. The van der Waals surface area contributed by atoms with Gasteiger partial charge in [0.15, 0.2) is 0 Å². The third-order valence-electron chi connectivity index (χ3n) is 3.55. The van der Waals surface area contributed by atoms with Crippen molar-refractivity contribution in [1.29, 1.82) is 0 Å². The van der Waals surface area contributed by atoms with Crippen molar-refractivity contribution >= 4 is 34.1 Å². The highest BCUT2D eigenvalue weighted by Crippen LogP contribution is 2.23. The number of anilines is 1. The molecule has 0 saturated carbocycles. The number of carbonyl (C=O) groups is 1. The van der Waals surface area contributed by atoms with Crippen LogP contribution in [0.1, 0.15) is 21.6 Å². The van der Waals surface area contributed by atoms with Crippen LogP contribution in [0, 0.1) is 13.8 Å². The fourth-order valence-electron chi connectivity index (χ4n) is 2.42. The number of hydrogen-bond donors (Lipinski definition) is 2. The van der Waals surface area contributed by atoms with E-state index >= 15 is 0 Å². The minimum absolute atomic E-state index is 0.153. The quantitative estimate of drug-likeness (QED) is 0.708. The summed E-state index contributed by atoms with van der Waals surface area (Å²) in [6.07, 6.45) is 0. The Morgan fingerprint density at radius 1 is 1.10 bits per heavy atom. The molecular weight excluding hydrogens is 284 g/mol. The topological polar surface area (TPSA) is 44.9 Å². The van der Waals surface area contributed by atoms with Gasteiger partial charge in [-0.2, -0.15) is 0 Å². The van der Waals surface area contributed by atoms with Crippen LogP contribution in [0.25, 0.3) is 10.9 Å². The molecule has 1 amide bonds. The number of nitrogens with one attached hydrogen (secondary N) is 2. The Kier molecular flexibility index (Phi) is 3.43. The molecule has 0 bridgehead atoms. The summed E-state index contributed by atoms with van der Waals surface area (Å²) in [5.74, 6) is -0.153. The fraction of sp³-hybridized carbons (Fsp3) is 0.118. The number of rotatable bonds is 2. The van der Waals surface area contributed by atoms with E-state index in [9.17, 15) is 4.79 Å². The van der Waals surface area contributed by atoms with Crippen molar-refractivity contribution < 1.29 is 4.79 Å². The number of amides is 1. The Morgan fingerprint density at radius 2 is 1.81 bits per heavy atom. The summed E-state index contributed by atoms with van der Waals surface area (Å²) in [5, 5.41) is 4.55. The first-order chi connectivity index (χ1) is 10.0. The molecule has 1 aromatic heterocycles. The SMILES string of the molecule is Cc1cccc(C)c1NC(=O)c1cc2cc(Cl)ccc2[nH]1. The van der Waals surface area contributed by atoms with Crippen molar-refractivity contribution in [2.24, 2.45) is 0 Å². The lowest BCUT2D eigenvalue weighted by Gasteiger charge is -2.10. The number of aryl methyl sites for hydroxylation is 2. The molecule has 106 valence electrons. The van der Waals surface area contributed by atoms with Gasteiger partial charge >= 0.3 is 0 Å². The van der Waals surface area contributed by atoms with E-state index in [1.165, 1.54) is 0 Å². The number of para-hydroxylation sites is 1. The maximum absolute atomic E-state index is 12.4. The third kappa shape index (κ3) is 2.65. The van der Waals surface area contributed by atoms with Gasteiger partial charge in [0.1, 0.15) is 5.69 Å². The molecule has 0 radical (unpaired) electrons. The molecule has 3 rings (SSSR count). The van der Waals surface area contributed by atoms with Crippen molar-refractivity contribution in [2.75, 3.05) is 5.32 Å². The molecule has 0 spiro atoms. The smallest absolute Gasteiger partial charge is 0.272 e. The van der Waals surface area contributed by atoms with E-state index in [-0.39, 0.29) is 5.91 Å². The van der Waals surface area contributed by atoms with Gasteiger partial charge in [-0.05, 0) is 49.2 Å². The van der Waals surface area contributed by atoms with Crippen LogP contribution in [0.3, 0.4) is 0 Å². The van der Waals surface area contributed by atoms with Gasteiger partial charge in [0.05, 0.1) is 0 Å². The summed E-state index contributed by atoms with van der Waals surface area (Å²) in [6.45, 7) is 3.96. The Morgan fingerprint density at radius 3 is 2.52 bits per heavy atom. The Labute approximate surface area is 127 Å². The van der Waals surface area contributed by atoms with E-state index in [1.807, 2.05) is 50.2 Å². The second-order valence-electron chi connectivity index (χ2n) is 5.14. The lowest BCUT2D eigenvalue weighted by Crippen LogP contribution is -2.14. The second-order valence-corrected chi connectivity index (χ2v) is 5.57. The third-order valence-corrected chi connectivity index (χ3v) is 3.78. The lowest BCUT2D eigenvalue weighted by molar-refractivity contribution is 0.102. The van der Waals surface area contributed by atoms with Crippen LogP contribution >= 0.6 is 11.6 Å². The molecule has 0 aliphatic heterocycles. The molecule has 2 N–H and O–H groups in total. The molecule has 4 heteroatoms. The first-order valence-corrected chi connectivity index (χ1v) is 7.08. The van der Waals surface area contributed by atoms with Crippen molar-refractivity contribution in [3.05, 3.63) is 64.3 Å². The van der Waals surface area contributed by atoms with Crippen LogP contribution in [0.15, 0.2) is 42.5 Å². The minimum atomic E-state index is -0.153. The molecule has 0 aliphatic rings. The zero-order valence-corrected chi connectivity index (χ0v) is 12.6. The zero-order valence-electron chi connectivity index (χ0n) is 11.8. The summed E-state index contributed by atoms with van der Waals surface area (Å²) in [5.41, 5.74) is 4.37. The lowest BCUT2D eigenvalue weighted by atomic mass is 10.1. The number of aromatic nitrogens is 1. The van der Waals surface area contributed by atoms with E-state index in [2.05, 4.69) is 10.3 Å². The molecule has 2 aromatic carbocycles. The first kappa shape index (κ1) is 13.7. The fourth-order valence-corrected chi connectivity index (χ4v) is 2.60. The average molecular weight is 299 g/mol. The van der Waals surface area contributed by atoms with E-state index in [1.54, 1.807) is 6.07 Å². The molecule has 1 heterocycles. The van der Waals surface area contributed by atoms with Gasteiger partial charge in [-0.1, -0.05) is 29.8 Å². The number of fused-ring (bicyclic) bond motifs is 1. The number of hydrogen-bond acceptors (Lipinski definition) is 1. The molecule has 0 atom stereocenters. The zero-order chi connectivity index (χ0) is 15.0. The molecule has 3 aromatic rings. The van der Waals surface area contributed by atoms with Crippen molar-refractivity contribution in [3.8, 4) is 0 Å². The number of aromatic amines is 1. The predicted molar refractivity (Wildman–Crippen MR) is 87.2 cm³/mol. The summed E-state index contributed by atoms with van der Waals surface area (Å²) >= 11 is 5.96. The Balaban J connectivity index is 1.94. The van der Waals surface area contributed by atoms with Crippen LogP contribution in [0.5, 0.6) is 0 Å². The maximum Gasteiger partial charge on any atom is 0.272 e. The van der Waals surface area contributed by atoms with Crippen LogP contribution in [-0.2, 0) is 0 Å². The Bertz CT molecular complexity index is 816. The maximum atomic E-state index is 12.4. The molecule has 21 heavy (non-hydrogen) atoms. The number of carbonyl (C=O) groups excluding carboxylic acids is 1. The molecule has 0 unspecified atom stereocenters. The Hall–Kier alpha value is -2.26. The van der Waals surface area contributed by atoms with Crippen LogP contribution < -0.4 is 5.32 Å². The van der Waals surface area contributed by atoms with Gasteiger partial charge in [0, 0.05) is 21.6 Å². The number of H-pyrrole nitrogens is 1. The highest BCUT2D eigenvalue weighted by atomic mass is 35.5. The minimum Gasteiger partial charge on any atom is -0.351 e. The van der Waals surface area contributed by atoms with Gasteiger partial charge in [0.25, 0.3) is 5.91 Å². The van der Waals surface area contributed by atoms with Gasteiger partial charge < -0.3 is 10.3 Å². The van der Waals surface area contributed by atoms with E-state index in [0.717, 1.165) is 27.7 Å². The van der Waals surface area contributed by atoms with E-state index < -0.39 is 0 Å². The highest BCUT2D eigenvalue weighted by molar-refractivity contribution is 6.31. The monoisotopic (exact) mass is 298 g/mol. The summed E-state index contributed by atoms with van der Waals surface area (Å²) in [6, 6.07) is 13.3. The van der Waals surface area contributed by atoms with E-state index in [0.29, 0.717) is 10.7 Å². The van der Waals surface area contributed by atoms with Crippen molar-refractivity contribution in [3.63, 3.8) is 0 Å². The molecule has 0 fully saturated rings. The summed E-state index contributed by atoms with van der Waals surface area (Å²) in [4.78, 5) is 15.5. The molecule has 0 aliphatic carbocycles. The molecule has 3 nitrogen and oxygen atoms in total. The summed E-state index contributed by atoms with van der Waals surface area (Å²) < 4.78 is 0. The average Bonchev–Trinajstić information content (AvgIpc) is 2.86. The summed E-state index contributed by atoms with van der Waals surface area (Å²) in [7, 11) is 0. The second kappa shape index (κ2) is 5.26. The standard InChI is InChI=1S/C17H15ClN2O/c1-10-4-3-5-11(2)16(10)20-17(21)15-9-12-8-13(18)6-7-14(12)19-15/h3-9,19H,1-2H3,(H,20,21). The van der Waals surface area contributed by atoms with Gasteiger partial charge in [-0.15, -0.1) is 0 Å². The van der Waals surface area contributed by atoms with Crippen LogP contribution in [0.4, 0.5) is 5.69 Å². The largest absolute Gasteiger partial charge is 0.351 e. The van der Waals surface area contributed by atoms with Crippen molar-refractivity contribution in [2.45, 2.75) is 13.8 Å². The van der Waals surface area contributed by atoms with Gasteiger partial charge in [-0.3, -0.25) is 4.79 Å².